The van der Waals surface area contributed by atoms with E-state index < -0.39 is 17.9 Å². The van der Waals surface area contributed by atoms with Crippen LogP contribution in [-0.4, -0.2) is 25.3 Å². The number of nitrogens with one attached hydrogen (secondary N) is 2. The Morgan fingerprint density at radius 2 is 1.89 bits per heavy atom. The van der Waals surface area contributed by atoms with Crippen LogP contribution >= 0.6 is 12.2 Å². The lowest BCUT2D eigenvalue weighted by molar-refractivity contribution is -0.145. The number of hydrogen-bond acceptors (Lipinski definition) is 5. The molecule has 28 heavy (non-hydrogen) atoms. The van der Waals surface area contributed by atoms with Crippen molar-refractivity contribution in [2.45, 2.75) is 12.6 Å². The third-order valence-electron chi connectivity index (χ3n) is 4.51. The van der Waals surface area contributed by atoms with Crippen LogP contribution in [0.1, 0.15) is 17.2 Å². The first-order chi connectivity index (χ1) is 13.5. The van der Waals surface area contributed by atoms with Gasteiger partial charge in [0.1, 0.15) is 12.5 Å². The Bertz CT molecular complexity index is 885. The van der Waals surface area contributed by atoms with Crippen LogP contribution in [0.4, 0.5) is 0 Å². The van der Waals surface area contributed by atoms with Gasteiger partial charge in [0.05, 0.1) is 20.3 Å². The highest BCUT2D eigenvalue weighted by Crippen LogP contribution is 2.40. The summed E-state index contributed by atoms with van der Waals surface area (Å²) in [6.45, 7) is 4.30. The molecular formula is C21H22N2O4S. The highest BCUT2D eigenvalue weighted by atomic mass is 32.1. The first kappa shape index (κ1) is 19.7. The third kappa shape index (κ3) is 4.09. The van der Waals surface area contributed by atoms with Gasteiger partial charge in [0.25, 0.3) is 0 Å². The number of esters is 1. The molecule has 7 heteroatoms. The monoisotopic (exact) mass is 398 g/mol. The quantitative estimate of drug-likeness (QED) is 0.572. The van der Waals surface area contributed by atoms with E-state index in [9.17, 15) is 4.79 Å². The van der Waals surface area contributed by atoms with Crippen molar-refractivity contribution < 1.29 is 19.0 Å². The van der Waals surface area contributed by atoms with Crippen molar-refractivity contribution in [3.8, 4) is 11.5 Å². The summed E-state index contributed by atoms with van der Waals surface area (Å²) in [6, 6.07) is 14.8. The first-order valence-corrected chi connectivity index (χ1v) is 9.13. The number of benzene rings is 2. The molecule has 0 spiro atoms. The number of rotatable bonds is 6. The second-order valence-electron chi connectivity index (χ2n) is 6.26. The lowest BCUT2D eigenvalue weighted by Gasteiger charge is -2.35. The van der Waals surface area contributed by atoms with Crippen LogP contribution in [0.25, 0.3) is 0 Å². The smallest absolute Gasteiger partial charge is 0.317 e. The number of methoxy groups -OCH3 is 2. The highest BCUT2D eigenvalue weighted by Gasteiger charge is 2.39. The largest absolute Gasteiger partial charge is 0.493 e. The van der Waals surface area contributed by atoms with Crippen molar-refractivity contribution in [2.75, 3.05) is 14.2 Å². The molecule has 0 unspecified atom stereocenters. The maximum absolute atomic E-state index is 12.4. The zero-order valence-corrected chi connectivity index (χ0v) is 16.5. The molecular weight excluding hydrogens is 376 g/mol. The molecule has 0 saturated carbocycles. The third-order valence-corrected chi connectivity index (χ3v) is 4.73. The van der Waals surface area contributed by atoms with Crippen molar-refractivity contribution in [3.63, 3.8) is 0 Å². The average molecular weight is 398 g/mol. The summed E-state index contributed by atoms with van der Waals surface area (Å²) < 4.78 is 16.6. The Labute approximate surface area is 169 Å². The summed E-state index contributed by atoms with van der Waals surface area (Å²) in [5.41, 5.74) is 2.22. The molecule has 6 nitrogen and oxygen atoms in total. The van der Waals surface area contributed by atoms with Crippen molar-refractivity contribution in [1.82, 2.24) is 10.6 Å². The molecule has 146 valence electrons. The van der Waals surface area contributed by atoms with Gasteiger partial charge in [-0.3, -0.25) is 4.79 Å². The highest BCUT2D eigenvalue weighted by molar-refractivity contribution is 7.80. The van der Waals surface area contributed by atoms with E-state index in [1.165, 1.54) is 7.11 Å². The van der Waals surface area contributed by atoms with Gasteiger partial charge in [0.2, 0.25) is 0 Å². The molecule has 0 aliphatic carbocycles. The molecule has 0 bridgehead atoms. The normalized spacial score (nSPS) is 18.6. The minimum Gasteiger partial charge on any atom is -0.493 e. The molecule has 1 heterocycles. The summed E-state index contributed by atoms with van der Waals surface area (Å²) in [5.74, 6) is 0.00359. The fraction of sp³-hybridized carbons (Fsp3) is 0.238. The molecule has 1 fully saturated rings. The average Bonchev–Trinajstić information content (AvgIpc) is 2.71. The van der Waals surface area contributed by atoms with Crippen LogP contribution in [0, 0.1) is 5.92 Å². The Hall–Kier alpha value is -3.06. The van der Waals surface area contributed by atoms with Gasteiger partial charge in [-0.25, -0.2) is 0 Å². The second kappa shape index (κ2) is 8.75. The Morgan fingerprint density at radius 1 is 1.14 bits per heavy atom. The predicted molar refractivity (Wildman–Crippen MR) is 110 cm³/mol. The Morgan fingerprint density at radius 3 is 2.57 bits per heavy atom. The topological polar surface area (TPSA) is 68.8 Å². The fourth-order valence-corrected chi connectivity index (χ4v) is 3.43. The lowest BCUT2D eigenvalue weighted by Crippen LogP contribution is -2.50. The minimum absolute atomic E-state index is 0.355. The number of carbonyl (C=O) groups excluding carboxylic acids is 1. The maximum atomic E-state index is 12.4. The van der Waals surface area contributed by atoms with Crippen molar-refractivity contribution in [3.05, 3.63) is 71.9 Å². The van der Waals surface area contributed by atoms with E-state index in [0.29, 0.717) is 28.9 Å². The molecule has 2 atom stereocenters. The Kier molecular flexibility index (Phi) is 6.16. The minimum atomic E-state index is -0.678. The number of carbonyl (C=O) groups is 1. The molecule has 1 saturated heterocycles. The van der Waals surface area contributed by atoms with Gasteiger partial charge in [-0.15, -0.1) is 0 Å². The summed E-state index contributed by atoms with van der Waals surface area (Å²) in [5, 5.41) is 6.43. The number of hydrogen-bond donors (Lipinski definition) is 2. The van der Waals surface area contributed by atoms with Gasteiger partial charge in [0, 0.05) is 11.3 Å². The second-order valence-corrected chi connectivity index (χ2v) is 6.66. The molecule has 2 N–H and O–H groups in total. The van der Waals surface area contributed by atoms with Gasteiger partial charge in [-0.05, 0) is 23.8 Å². The molecule has 1 aliphatic rings. The van der Waals surface area contributed by atoms with E-state index in [0.717, 1.165) is 11.1 Å². The first-order valence-electron chi connectivity index (χ1n) is 8.73. The molecule has 1 aliphatic heterocycles. The molecule has 0 radical (unpaired) electrons. The van der Waals surface area contributed by atoms with Gasteiger partial charge in [-0.1, -0.05) is 49.0 Å². The van der Waals surface area contributed by atoms with E-state index in [2.05, 4.69) is 17.2 Å². The SMILES string of the molecule is C=C1NC(=S)N[C@H](c2cccc(OC)c2OCc2ccccc2)[C@@H]1C(=O)OC. The molecule has 0 aromatic heterocycles. The van der Waals surface area contributed by atoms with Crippen molar-refractivity contribution in [1.29, 1.82) is 0 Å². The summed E-state index contributed by atoms with van der Waals surface area (Å²) in [6.07, 6.45) is 0. The number of thiocarbonyl (C=S) groups is 1. The maximum Gasteiger partial charge on any atom is 0.317 e. The van der Waals surface area contributed by atoms with E-state index in [-0.39, 0.29) is 0 Å². The van der Waals surface area contributed by atoms with E-state index in [4.69, 9.17) is 26.4 Å². The zero-order valence-electron chi connectivity index (χ0n) is 15.7. The van der Waals surface area contributed by atoms with E-state index in [1.807, 2.05) is 48.5 Å². The molecule has 2 aromatic rings. The predicted octanol–water partition coefficient (Wildman–Crippen LogP) is 3.10. The molecule has 2 aromatic carbocycles. The van der Waals surface area contributed by atoms with Crippen LogP contribution in [0.2, 0.25) is 0 Å². The Balaban J connectivity index is 2.00. The lowest BCUT2D eigenvalue weighted by atomic mass is 9.88. The van der Waals surface area contributed by atoms with Crippen molar-refractivity contribution in [2.24, 2.45) is 5.92 Å². The van der Waals surface area contributed by atoms with Crippen molar-refractivity contribution >= 4 is 23.3 Å². The zero-order chi connectivity index (χ0) is 20.1. The van der Waals surface area contributed by atoms with Crippen LogP contribution in [0.5, 0.6) is 11.5 Å². The summed E-state index contributed by atoms with van der Waals surface area (Å²) >= 11 is 5.27. The summed E-state index contributed by atoms with van der Waals surface area (Å²) in [7, 11) is 2.92. The number of ether oxygens (including phenoxy) is 3. The standard InChI is InChI=1S/C21H22N2O4S/c1-13-17(20(24)26-3)18(23-21(28)22-13)15-10-7-11-16(25-2)19(15)27-12-14-8-5-4-6-9-14/h4-11,17-18H,1,12H2,2-3H3,(H2,22,23,28)/t17-,18-/m1/s1. The van der Waals surface area contributed by atoms with Gasteiger partial charge in [0.15, 0.2) is 16.6 Å². The van der Waals surface area contributed by atoms with E-state index >= 15 is 0 Å². The van der Waals surface area contributed by atoms with Gasteiger partial charge in [-0.2, -0.15) is 0 Å². The van der Waals surface area contributed by atoms with Crippen LogP contribution in [0.3, 0.4) is 0 Å². The number of para-hydroxylation sites is 1. The van der Waals surface area contributed by atoms with Gasteiger partial charge >= 0.3 is 5.97 Å². The van der Waals surface area contributed by atoms with Crippen LogP contribution in [0.15, 0.2) is 60.8 Å². The van der Waals surface area contributed by atoms with Crippen LogP contribution < -0.4 is 20.1 Å². The molecule has 3 rings (SSSR count). The van der Waals surface area contributed by atoms with E-state index in [1.54, 1.807) is 7.11 Å². The summed E-state index contributed by atoms with van der Waals surface area (Å²) in [4.78, 5) is 12.4. The van der Waals surface area contributed by atoms with Gasteiger partial charge < -0.3 is 24.8 Å². The van der Waals surface area contributed by atoms with Crippen LogP contribution in [-0.2, 0) is 16.1 Å². The molecule has 0 amide bonds. The fourth-order valence-electron chi connectivity index (χ4n) is 3.17.